The molecule has 2 N–H and O–H groups in total. The molecular weight excluding hydrogens is 568 g/mol. The van der Waals surface area contributed by atoms with Crippen molar-refractivity contribution in [2.75, 3.05) is 25.5 Å². The number of pyridine rings is 1. The molecule has 4 rings (SSSR count). The summed E-state index contributed by atoms with van der Waals surface area (Å²) in [4.78, 5) is 32.1. The molecule has 0 spiro atoms. The van der Waals surface area contributed by atoms with Crippen LogP contribution in [0.3, 0.4) is 0 Å². The van der Waals surface area contributed by atoms with Gasteiger partial charge < -0.3 is 24.5 Å². The molecule has 1 saturated heterocycles. The van der Waals surface area contributed by atoms with Crippen molar-refractivity contribution >= 4 is 50.3 Å². The average Bonchev–Trinajstić information content (AvgIpc) is 3.34. The highest BCUT2D eigenvalue weighted by atomic mass is 35.5. The summed E-state index contributed by atoms with van der Waals surface area (Å²) in [5, 5.41) is 5.21. The fourth-order valence-corrected chi connectivity index (χ4v) is 6.07. The zero-order valence-electron chi connectivity index (χ0n) is 23.7. The molecule has 3 atom stereocenters. The van der Waals surface area contributed by atoms with E-state index in [2.05, 4.69) is 15.0 Å². The van der Waals surface area contributed by atoms with Crippen LogP contribution in [0.2, 0.25) is 5.02 Å². The summed E-state index contributed by atoms with van der Waals surface area (Å²) < 4.78 is 38.7. The third kappa shape index (κ3) is 6.74. The predicted octanol–water partition coefficient (Wildman–Crippen LogP) is 4.27. The van der Waals surface area contributed by atoms with E-state index in [9.17, 15) is 18.0 Å². The number of halogens is 1. The monoisotopic (exact) mass is 602 g/mol. The Bertz CT molecular complexity index is 1520. The van der Waals surface area contributed by atoms with Crippen molar-refractivity contribution < 1.29 is 27.5 Å². The van der Waals surface area contributed by atoms with Crippen LogP contribution >= 0.6 is 11.6 Å². The number of hydrogen-bond donors (Lipinski definition) is 2. The summed E-state index contributed by atoms with van der Waals surface area (Å²) >= 11 is 6.24. The number of aromatic nitrogens is 1. The van der Waals surface area contributed by atoms with Crippen LogP contribution in [0.1, 0.15) is 34.1 Å². The lowest BCUT2D eigenvalue weighted by molar-refractivity contribution is -0.137. The number of anilines is 1. The number of carbonyl (C=O) groups is 2. The van der Waals surface area contributed by atoms with Gasteiger partial charge in [0.05, 0.1) is 30.8 Å². The Morgan fingerprint density at radius 2 is 1.90 bits per heavy atom. The molecule has 0 radical (unpaired) electrons. The summed E-state index contributed by atoms with van der Waals surface area (Å²) in [6.45, 7) is 7.93. The highest BCUT2D eigenvalue weighted by molar-refractivity contribution is 7.89. The fraction of sp³-hybridized carbons (Fsp3) is 0.414. The van der Waals surface area contributed by atoms with E-state index in [4.69, 9.17) is 21.1 Å². The first-order valence-corrected chi connectivity index (χ1v) is 15.1. The Hall–Kier alpha value is -3.41. The SMILES string of the molecule is CCNS(=O)(=O)c1ccc(NC(C(=O)N2C[C@H](Oc3ncc(OC)c4ccc(Cl)cc34)C[C@H]2C=O)C(C)(C)C)cc1. The third-order valence-electron chi connectivity index (χ3n) is 6.94. The number of likely N-dealkylation sites (tertiary alicyclic amines) is 1. The lowest BCUT2D eigenvalue weighted by Crippen LogP contribution is -2.51. The number of hydrogen-bond acceptors (Lipinski definition) is 8. The van der Waals surface area contributed by atoms with Gasteiger partial charge in [-0.1, -0.05) is 39.3 Å². The highest BCUT2D eigenvalue weighted by Crippen LogP contribution is 2.35. The van der Waals surface area contributed by atoms with Crippen LogP contribution in [0.15, 0.2) is 53.6 Å². The summed E-state index contributed by atoms with van der Waals surface area (Å²) in [5.74, 6) is 0.648. The molecule has 220 valence electrons. The molecule has 1 aliphatic rings. The summed E-state index contributed by atoms with van der Waals surface area (Å²) in [7, 11) is -2.05. The molecule has 12 heteroatoms. The quantitative estimate of drug-likeness (QED) is 0.330. The van der Waals surface area contributed by atoms with Gasteiger partial charge in [-0.05, 0) is 47.9 Å². The second-order valence-corrected chi connectivity index (χ2v) is 13.2. The number of methoxy groups -OCH3 is 1. The van der Waals surface area contributed by atoms with Gasteiger partial charge in [0.2, 0.25) is 21.8 Å². The standard InChI is InChI=1S/C29H35ClN4O6S/c1-6-32-41(37,38)22-10-8-19(9-11-22)33-26(29(2,3)4)28(36)34-16-21(14-20(34)17-35)40-27-24-13-18(30)7-12-23(24)25(39-5)15-31-27/h7-13,15,17,20-21,26,32-33H,6,14,16H2,1-5H3/t20-,21+,26?/m0/s1. The minimum absolute atomic E-state index is 0.130. The first-order chi connectivity index (χ1) is 19.4. The topological polar surface area (TPSA) is 127 Å². The molecule has 0 aliphatic carbocycles. The van der Waals surface area contributed by atoms with Crippen molar-refractivity contribution in [1.29, 1.82) is 0 Å². The maximum atomic E-state index is 13.9. The van der Waals surface area contributed by atoms with Gasteiger partial charge in [-0.25, -0.2) is 18.1 Å². The Morgan fingerprint density at radius 3 is 2.51 bits per heavy atom. The van der Waals surface area contributed by atoms with E-state index in [1.807, 2.05) is 26.8 Å². The lowest BCUT2D eigenvalue weighted by Gasteiger charge is -2.35. The van der Waals surface area contributed by atoms with Gasteiger partial charge >= 0.3 is 0 Å². The largest absolute Gasteiger partial charge is 0.494 e. The number of ether oxygens (including phenoxy) is 2. The molecule has 1 aromatic heterocycles. The highest BCUT2D eigenvalue weighted by Gasteiger charge is 2.42. The Morgan fingerprint density at radius 1 is 1.20 bits per heavy atom. The molecule has 2 heterocycles. The number of fused-ring (bicyclic) bond motifs is 1. The lowest BCUT2D eigenvalue weighted by atomic mass is 9.85. The van der Waals surface area contributed by atoms with Crippen molar-refractivity contribution in [3.05, 3.63) is 53.7 Å². The van der Waals surface area contributed by atoms with E-state index >= 15 is 0 Å². The maximum Gasteiger partial charge on any atom is 0.246 e. The van der Waals surface area contributed by atoms with Crippen LogP contribution < -0.4 is 19.5 Å². The minimum Gasteiger partial charge on any atom is -0.494 e. The second-order valence-electron chi connectivity index (χ2n) is 11.0. The molecule has 2 aromatic carbocycles. The maximum absolute atomic E-state index is 13.9. The normalized spacial score (nSPS) is 18.2. The van der Waals surface area contributed by atoms with E-state index in [1.54, 1.807) is 44.5 Å². The Labute approximate surface area is 245 Å². The zero-order chi connectivity index (χ0) is 29.9. The van der Waals surface area contributed by atoms with Gasteiger partial charge in [-0.15, -0.1) is 0 Å². The Balaban J connectivity index is 1.55. The van der Waals surface area contributed by atoms with E-state index in [-0.39, 0.29) is 23.9 Å². The van der Waals surface area contributed by atoms with Gasteiger partial charge in [0, 0.05) is 34.4 Å². The average molecular weight is 603 g/mol. The van der Waals surface area contributed by atoms with E-state index in [0.717, 1.165) is 11.7 Å². The van der Waals surface area contributed by atoms with Crippen molar-refractivity contribution in [3.8, 4) is 11.6 Å². The number of carbonyl (C=O) groups excluding carboxylic acids is 2. The van der Waals surface area contributed by atoms with Crippen molar-refractivity contribution in [1.82, 2.24) is 14.6 Å². The molecule has 3 aromatic rings. The van der Waals surface area contributed by atoms with E-state index < -0.39 is 33.6 Å². The summed E-state index contributed by atoms with van der Waals surface area (Å²) in [6, 6.07) is 10.1. The van der Waals surface area contributed by atoms with Gasteiger partial charge in [0.25, 0.3) is 0 Å². The number of amides is 1. The molecular formula is C29H35ClN4O6S. The number of nitrogens with one attached hydrogen (secondary N) is 2. The van der Waals surface area contributed by atoms with Crippen LogP contribution in [0.4, 0.5) is 5.69 Å². The minimum atomic E-state index is -3.60. The summed E-state index contributed by atoms with van der Waals surface area (Å²) in [6.07, 6.45) is 2.15. The van der Waals surface area contributed by atoms with Crippen LogP contribution in [0.25, 0.3) is 10.8 Å². The zero-order valence-corrected chi connectivity index (χ0v) is 25.3. The third-order valence-corrected chi connectivity index (χ3v) is 8.74. The van der Waals surface area contributed by atoms with Crippen LogP contribution in [-0.4, -0.2) is 68.9 Å². The predicted molar refractivity (Wildman–Crippen MR) is 158 cm³/mol. The number of rotatable bonds is 10. The van der Waals surface area contributed by atoms with Gasteiger partial charge in [-0.2, -0.15) is 0 Å². The molecule has 1 aliphatic heterocycles. The molecule has 1 unspecified atom stereocenters. The number of aldehydes is 1. The molecule has 1 amide bonds. The second kappa shape index (κ2) is 12.2. The smallest absolute Gasteiger partial charge is 0.246 e. The molecule has 41 heavy (non-hydrogen) atoms. The first kappa shape index (κ1) is 30.5. The molecule has 10 nitrogen and oxygen atoms in total. The number of sulfonamides is 1. The molecule has 0 bridgehead atoms. The van der Waals surface area contributed by atoms with Gasteiger partial charge in [-0.3, -0.25) is 4.79 Å². The van der Waals surface area contributed by atoms with Gasteiger partial charge in [0.1, 0.15) is 24.2 Å². The van der Waals surface area contributed by atoms with E-state index in [1.165, 1.54) is 17.0 Å². The molecule has 1 fully saturated rings. The molecule has 0 saturated carbocycles. The van der Waals surface area contributed by atoms with Crippen molar-refractivity contribution in [3.63, 3.8) is 0 Å². The van der Waals surface area contributed by atoms with Crippen LogP contribution in [0.5, 0.6) is 11.6 Å². The van der Waals surface area contributed by atoms with Crippen LogP contribution in [0, 0.1) is 5.41 Å². The number of benzene rings is 2. The summed E-state index contributed by atoms with van der Waals surface area (Å²) in [5.41, 5.74) is 0.0387. The first-order valence-electron chi connectivity index (χ1n) is 13.3. The number of nitrogens with zero attached hydrogens (tertiary/aromatic N) is 2. The van der Waals surface area contributed by atoms with Crippen LogP contribution in [-0.2, 0) is 19.6 Å². The fourth-order valence-electron chi connectivity index (χ4n) is 4.86. The van der Waals surface area contributed by atoms with E-state index in [0.29, 0.717) is 34.1 Å². The Kier molecular flexibility index (Phi) is 9.10. The van der Waals surface area contributed by atoms with Crippen molar-refractivity contribution in [2.24, 2.45) is 5.41 Å². The van der Waals surface area contributed by atoms with Crippen molar-refractivity contribution in [2.45, 2.75) is 57.2 Å². The van der Waals surface area contributed by atoms with Gasteiger partial charge in [0.15, 0.2) is 0 Å².